The number of thioether (sulfide) groups is 1. The van der Waals surface area contributed by atoms with Crippen LogP contribution in [0.3, 0.4) is 0 Å². The van der Waals surface area contributed by atoms with Gasteiger partial charge in [-0.2, -0.15) is 9.36 Å². The maximum absolute atomic E-state index is 13.2. The lowest BCUT2D eigenvalue weighted by Crippen LogP contribution is -2.71. The van der Waals surface area contributed by atoms with Gasteiger partial charge in [-0.25, -0.2) is 13.8 Å². The predicted octanol–water partition coefficient (Wildman–Crippen LogP) is 0.763. The van der Waals surface area contributed by atoms with Crippen molar-refractivity contribution in [2.24, 2.45) is 5.16 Å². The van der Waals surface area contributed by atoms with E-state index in [9.17, 15) is 19.5 Å². The molecule has 0 radical (unpaired) electrons. The number of β-lactam (4-membered cyclic amide) rings is 1. The van der Waals surface area contributed by atoms with Crippen LogP contribution in [0.2, 0.25) is 0 Å². The number of amides is 2. The molecule has 2 amide bonds. The molecule has 2 fully saturated rings. The van der Waals surface area contributed by atoms with E-state index in [2.05, 4.69) is 19.8 Å². The predicted molar refractivity (Wildman–Crippen MR) is 141 cm³/mol. The van der Waals surface area contributed by atoms with Gasteiger partial charge < -0.3 is 21.0 Å². The van der Waals surface area contributed by atoms with Gasteiger partial charge in [0, 0.05) is 28.9 Å². The SMILES string of the molecule is Nc1nc(/C(=N/OC2CCCC2)C(=O)N[C@@H]2C(=O)N3C(C(=O)O)=C(C[n+]4ccn5ccccc54)CS[C@H]23)ns1. The molecule has 15 heteroatoms. The minimum atomic E-state index is -1.19. The highest BCUT2D eigenvalue weighted by Crippen LogP contribution is 2.40. The number of carbonyl (C=O) groups is 3. The number of hydrogen-bond donors (Lipinski definition) is 3. The van der Waals surface area contributed by atoms with Gasteiger partial charge in [-0.05, 0) is 31.7 Å². The fourth-order valence-electron chi connectivity index (χ4n) is 5.04. The van der Waals surface area contributed by atoms with E-state index in [0.717, 1.165) is 42.9 Å². The van der Waals surface area contributed by atoms with Gasteiger partial charge >= 0.3 is 5.97 Å². The standard InChI is InChI=1S/C24H24N8O5S2/c25-24-27-19(29-39-24)16(28-37-14-5-1-2-6-14)20(33)26-17-21(34)32-18(23(35)36)13(12-38-22(17)32)11-31-10-9-30-8-4-3-7-15(30)31/h3-4,7-10,14,17,22H,1-2,5-6,11-12H2,(H3-,25,26,27,29,33,35,36)/p+1/b28-16-/t17-,22-/m1/s1. The van der Waals surface area contributed by atoms with Crippen molar-refractivity contribution in [1.29, 1.82) is 0 Å². The molecular weight excluding hydrogens is 544 g/mol. The van der Waals surface area contributed by atoms with Crippen LogP contribution in [0.1, 0.15) is 31.5 Å². The van der Waals surface area contributed by atoms with Gasteiger partial charge in [0.2, 0.25) is 11.5 Å². The van der Waals surface area contributed by atoms with Crippen LogP contribution in [-0.2, 0) is 25.8 Å². The summed E-state index contributed by atoms with van der Waals surface area (Å²) in [6, 6.07) is 4.81. The molecule has 39 heavy (non-hydrogen) atoms. The molecule has 1 saturated heterocycles. The van der Waals surface area contributed by atoms with Gasteiger partial charge in [-0.3, -0.25) is 14.5 Å². The molecule has 4 N–H and O–H groups in total. The zero-order valence-electron chi connectivity index (χ0n) is 20.6. The van der Waals surface area contributed by atoms with E-state index in [-0.39, 0.29) is 28.5 Å². The number of nitrogen functional groups attached to an aromatic ring is 1. The molecule has 1 aliphatic carbocycles. The minimum Gasteiger partial charge on any atom is -0.477 e. The molecule has 0 aromatic carbocycles. The minimum absolute atomic E-state index is 0.0122. The number of aromatic nitrogens is 4. The van der Waals surface area contributed by atoms with Crippen molar-refractivity contribution in [3.05, 3.63) is 53.9 Å². The second-order valence-corrected chi connectivity index (χ2v) is 11.3. The van der Waals surface area contributed by atoms with E-state index < -0.39 is 29.2 Å². The van der Waals surface area contributed by atoms with Crippen LogP contribution in [0.5, 0.6) is 0 Å². The van der Waals surface area contributed by atoms with E-state index in [1.54, 1.807) is 0 Å². The summed E-state index contributed by atoms with van der Waals surface area (Å²) in [6.45, 7) is 0.314. The topological polar surface area (TPSA) is 168 Å². The molecule has 3 aromatic heterocycles. The number of pyridine rings is 1. The van der Waals surface area contributed by atoms with E-state index in [0.29, 0.717) is 17.9 Å². The summed E-state index contributed by atoms with van der Waals surface area (Å²) in [4.78, 5) is 49.6. The first kappa shape index (κ1) is 25.3. The van der Waals surface area contributed by atoms with Crippen molar-refractivity contribution in [3.63, 3.8) is 0 Å². The average molecular weight is 570 g/mol. The Bertz CT molecular complexity index is 1530. The van der Waals surface area contributed by atoms with E-state index in [4.69, 9.17) is 10.6 Å². The van der Waals surface area contributed by atoms with Crippen molar-refractivity contribution in [3.8, 4) is 0 Å². The Kier molecular flexibility index (Phi) is 6.68. The number of oxime groups is 1. The molecule has 13 nitrogen and oxygen atoms in total. The molecular formula is C24H25N8O5S2+. The summed E-state index contributed by atoms with van der Waals surface area (Å²) in [5.74, 6) is -1.99. The number of carboxylic acid groups (broad SMARTS) is 1. The summed E-state index contributed by atoms with van der Waals surface area (Å²) in [5, 5.41) is 16.4. The number of carbonyl (C=O) groups excluding carboxylic acids is 2. The molecule has 6 rings (SSSR count). The van der Waals surface area contributed by atoms with Crippen LogP contribution < -0.4 is 15.6 Å². The fourth-order valence-corrected chi connectivity index (χ4v) is 6.81. The number of nitrogens with two attached hydrogens (primary N) is 1. The third-order valence-electron chi connectivity index (χ3n) is 6.93. The van der Waals surface area contributed by atoms with Crippen molar-refractivity contribution >= 4 is 57.6 Å². The second kappa shape index (κ2) is 10.3. The number of nitrogens with one attached hydrogen (secondary N) is 1. The molecule has 1 saturated carbocycles. The van der Waals surface area contributed by atoms with E-state index in [1.165, 1.54) is 16.7 Å². The summed E-state index contributed by atoms with van der Waals surface area (Å²) in [6.07, 6.45) is 9.28. The number of fused-ring (bicyclic) bond motifs is 2. The van der Waals surface area contributed by atoms with Gasteiger partial charge in [0.05, 0.1) is 6.20 Å². The van der Waals surface area contributed by atoms with E-state index >= 15 is 0 Å². The quantitative estimate of drug-likeness (QED) is 0.153. The van der Waals surface area contributed by atoms with Crippen LogP contribution in [-0.4, -0.2) is 70.5 Å². The lowest BCUT2D eigenvalue weighted by molar-refractivity contribution is -0.662. The van der Waals surface area contributed by atoms with Crippen LogP contribution in [0, 0.1) is 0 Å². The molecule has 0 bridgehead atoms. The Morgan fingerprint density at radius 3 is 2.85 bits per heavy atom. The molecule has 202 valence electrons. The first-order chi connectivity index (χ1) is 18.9. The second-order valence-electron chi connectivity index (χ2n) is 9.42. The molecule has 5 heterocycles. The summed E-state index contributed by atoms with van der Waals surface area (Å²) in [5.41, 5.74) is 6.99. The summed E-state index contributed by atoms with van der Waals surface area (Å²) >= 11 is 2.31. The molecule has 3 aliphatic rings. The fraction of sp³-hybridized carbons (Fsp3) is 0.375. The first-order valence-electron chi connectivity index (χ1n) is 12.4. The average Bonchev–Trinajstić information content (AvgIpc) is 3.69. The molecule has 2 atom stereocenters. The molecule has 3 aromatic rings. The lowest BCUT2D eigenvalue weighted by atomic mass is 10.0. The Morgan fingerprint density at radius 1 is 1.28 bits per heavy atom. The molecule has 2 aliphatic heterocycles. The van der Waals surface area contributed by atoms with Gasteiger partial charge in [-0.1, -0.05) is 11.2 Å². The van der Waals surface area contributed by atoms with Crippen LogP contribution >= 0.6 is 23.3 Å². The zero-order chi connectivity index (χ0) is 27.1. The molecule has 0 unspecified atom stereocenters. The summed E-state index contributed by atoms with van der Waals surface area (Å²) in [7, 11) is 0. The lowest BCUT2D eigenvalue weighted by Gasteiger charge is -2.49. The Balaban J connectivity index is 1.21. The third kappa shape index (κ3) is 4.71. The maximum Gasteiger partial charge on any atom is 0.352 e. The normalized spacial score (nSPS) is 21.7. The third-order valence-corrected chi connectivity index (χ3v) is 8.81. The number of anilines is 1. The smallest absolute Gasteiger partial charge is 0.352 e. The first-order valence-corrected chi connectivity index (χ1v) is 14.2. The largest absolute Gasteiger partial charge is 0.477 e. The van der Waals surface area contributed by atoms with E-state index in [1.807, 2.05) is 45.8 Å². The maximum atomic E-state index is 13.2. The van der Waals surface area contributed by atoms with Crippen molar-refractivity contribution in [2.45, 2.75) is 49.7 Å². The van der Waals surface area contributed by atoms with Gasteiger partial charge in [0.15, 0.2) is 5.13 Å². The highest BCUT2D eigenvalue weighted by atomic mass is 32.2. The van der Waals surface area contributed by atoms with Crippen molar-refractivity contribution < 1.29 is 28.9 Å². The number of imidazole rings is 1. The Hall–Kier alpha value is -3.98. The number of carboxylic acids is 1. The monoisotopic (exact) mass is 569 g/mol. The highest BCUT2D eigenvalue weighted by molar-refractivity contribution is 8.00. The number of rotatable bonds is 8. The molecule has 0 spiro atoms. The van der Waals surface area contributed by atoms with Crippen LogP contribution in [0.25, 0.3) is 5.65 Å². The Labute approximate surface area is 230 Å². The number of hydrogen-bond acceptors (Lipinski definition) is 10. The number of aliphatic carboxylic acids is 1. The van der Waals surface area contributed by atoms with Crippen molar-refractivity contribution in [1.82, 2.24) is 24.0 Å². The van der Waals surface area contributed by atoms with Crippen LogP contribution in [0.4, 0.5) is 5.13 Å². The van der Waals surface area contributed by atoms with Crippen LogP contribution in [0.15, 0.2) is 53.2 Å². The van der Waals surface area contributed by atoms with Gasteiger partial charge in [-0.15, -0.1) is 11.8 Å². The highest BCUT2D eigenvalue weighted by Gasteiger charge is 2.54. The van der Waals surface area contributed by atoms with Gasteiger partial charge in [0.25, 0.3) is 17.5 Å². The number of nitrogens with zero attached hydrogens (tertiary/aromatic N) is 6. The summed E-state index contributed by atoms with van der Waals surface area (Å²) < 4.78 is 7.94. The Morgan fingerprint density at radius 2 is 2.10 bits per heavy atom. The van der Waals surface area contributed by atoms with Crippen molar-refractivity contribution in [2.75, 3.05) is 11.5 Å². The van der Waals surface area contributed by atoms with Gasteiger partial charge in [0.1, 0.15) is 42.2 Å². The zero-order valence-corrected chi connectivity index (χ0v) is 22.2.